The van der Waals surface area contributed by atoms with Crippen molar-refractivity contribution in [2.24, 2.45) is 0 Å². The first-order chi connectivity index (χ1) is 13.9. The van der Waals surface area contributed by atoms with Gasteiger partial charge in [-0.25, -0.2) is 0 Å². The summed E-state index contributed by atoms with van der Waals surface area (Å²) in [6.45, 7) is 2.56. The summed E-state index contributed by atoms with van der Waals surface area (Å²) in [6, 6.07) is 7.95. The van der Waals surface area contributed by atoms with Gasteiger partial charge in [0.15, 0.2) is 11.5 Å². The fraction of sp³-hybridized carbons (Fsp3) is 0.350. The summed E-state index contributed by atoms with van der Waals surface area (Å²) in [5.41, 5.74) is 0.391. The van der Waals surface area contributed by atoms with Crippen molar-refractivity contribution < 1.29 is 28.3 Å². The van der Waals surface area contributed by atoms with Crippen molar-refractivity contribution in [2.45, 2.75) is 13.0 Å². The summed E-state index contributed by atoms with van der Waals surface area (Å²) in [6.07, 6.45) is 1.03. The zero-order chi connectivity index (χ0) is 20.8. The highest BCUT2D eigenvalue weighted by Crippen LogP contribution is 2.24. The molecule has 1 aromatic heterocycles. The number of ether oxygens (including phenoxy) is 2. The van der Waals surface area contributed by atoms with Crippen molar-refractivity contribution in [1.82, 2.24) is 10.2 Å². The van der Waals surface area contributed by atoms with Gasteiger partial charge in [-0.05, 0) is 37.3 Å². The molecule has 2 heterocycles. The summed E-state index contributed by atoms with van der Waals surface area (Å²) >= 11 is 5.94. The molecule has 1 N–H and O–H groups in total. The van der Waals surface area contributed by atoms with Crippen molar-refractivity contribution in [2.75, 3.05) is 32.8 Å². The Balaban J connectivity index is 1.51. The van der Waals surface area contributed by atoms with Gasteiger partial charge < -0.3 is 24.1 Å². The van der Waals surface area contributed by atoms with Crippen molar-refractivity contribution >= 4 is 29.2 Å². The van der Waals surface area contributed by atoms with E-state index in [1.807, 2.05) is 0 Å². The molecule has 0 bridgehead atoms. The molecule has 1 fully saturated rings. The molecule has 1 aliphatic rings. The largest absolute Gasteiger partial charge is 0.490 e. The third-order valence-corrected chi connectivity index (χ3v) is 4.62. The number of benzene rings is 1. The predicted octanol–water partition coefficient (Wildman–Crippen LogP) is 2.17. The van der Waals surface area contributed by atoms with E-state index in [1.54, 1.807) is 29.2 Å². The molecule has 29 heavy (non-hydrogen) atoms. The molecule has 1 aliphatic heterocycles. The quantitative estimate of drug-likeness (QED) is 0.689. The molecule has 0 spiro atoms. The second-order valence-electron chi connectivity index (χ2n) is 6.50. The molecule has 1 unspecified atom stereocenters. The maximum Gasteiger partial charge on any atom is 0.287 e. The van der Waals surface area contributed by atoms with Gasteiger partial charge in [0, 0.05) is 11.6 Å². The Kier molecular flexibility index (Phi) is 6.90. The second kappa shape index (κ2) is 9.58. The number of rotatable bonds is 7. The van der Waals surface area contributed by atoms with Gasteiger partial charge >= 0.3 is 0 Å². The van der Waals surface area contributed by atoms with Crippen LogP contribution in [0.3, 0.4) is 0 Å². The predicted molar refractivity (Wildman–Crippen MR) is 104 cm³/mol. The lowest BCUT2D eigenvalue weighted by molar-refractivity contribution is -0.138. The minimum absolute atomic E-state index is 0.140. The molecule has 9 heteroatoms. The maximum absolute atomic E-state index is 12.4. The van der Waals surface area contributed by atoms with Gasteiger partial charge in [-0.1, -0.05) is 11.6 Å². The van der Waals surface area contributed by atoms with Gasteiger partial charge in [0.2, 0.25) is 5.91 Å². The molecule has 2 aromatic rings. The minimum Gasteiger partial charge on any atom is -0.490 e. The number of ketones is 1. The van der Waals surface area contributed by atoms with Crippen LogP contribution in [0, 0.1) is 0 Å². The van der Waals surface area contributed by atoms with Crippen molar-refractivity contribution in [3.63, 3.8) is 0 Å². The van der Waals surface area contributed by atoms with Crippen LogP contribution in [0.4, 0.5) is 0 Å². The van der Waals surface area contributed by atoms with E-state index < -0.39 is 5.91 Å². The zero-order valence-electron chi connectivity index (χ0n) is 15.9. The van der Waals surface area contributed by atoms with Crippen LogP contribution in [0.15, 0.2) is 41.0 Å². The lowest BCUT2D eigenvalue weighted by atomic mass is 10.1. The summed E-state index contributed by atoms with van der Waals surface area (Å²) in [4.78, 5) is 37.6. The lowest BCUT2D eigenvalue weighted by Crippen LogP contribution is -2.50. The van der Waals surface area contributed by atoms with Crippen molar-refractivity contribution in [1.29, 1.82) is 0 Å². The zero-order valence-corrected chi connectivity index (χ0v) is 16.6. The summed E-state index contributed by atoms with van der Waals surface area (Å²) in [5, 5.41) is 2.98. The highest BCUT2D eigenvalue weighted by Gasteiger charge is 2.25. The Hall–Kier alpha value is -2.84. The molecule has 1 saturated heterocycles. The van der Waals surface area contributed by atoms with Crippen LogP contribution >= 0.6 is 11.6 Å². The first-order valence-corrected chi connectivity index (χ1v) is 9.46. The fourth-order valence-corrected chi connectivity index (χ4v) is 3.07. The van der Waals surface area contributed by atoms with E-state index in [2.05, 4.69) is 5.32 Å². The third kappa shape index (κ3) is 5.58. The third-order valence-electron chi connectivity index (χ3n) is 4.38. The number of hydrogen-bond acceptors (Lipinski definition) is 6. The monoisotopic (exact) mass is 420 g/mol. The number of Topliss-reactive ketones (excluding diaryl/α,β-unsaturated/α-hetero) is 1. The molecule has 0 radical (unpaired) electrons. The van der Waals surface area contributed by atoms with Gasteiger partial charge in [-0.3, -0.25) is 14.4 Å². The first-order valence-electron chi connectivity index (χ1n) is 9.08. The topological polar surface area (TPSA) is 98.1 Å². The van der Waals surface area contributed by atoms with Crippen molar-refractivity contribution in [3.8, 4) is 5.75 Å². The van der Waals surface area contributed by atoms with Crippen LogP contribution in [0.2, 0.25) is 5.02 Å². The number of morpholine rings is 1. The minimum atomic E-state index is -0.448. The van der Waals surface area contributed by atoms with Crippen LogP contribution in [0.5, 0.6) is 5.75 Å². The van der Waals surface area contributed by atoms with Crippen molar-refractivity contribution in [3.05, 3.63) is 52.9 Å². The number of carbonyl (C=O) groups is 3. The van der Waals surface area contributed by atoms with Crippen LogP contribution in [-0.4, -0.2) is 61.4 Å². The van der Waals surface area contributed by atoms with E-state index in [9.17, 15) is 14.4 Å². The number of nitrogens with zero attached hydrogens (tertiary/aromatic N) is 1. The highest BCUT2D eigenvalue weighted by molar-refractivity contribution is 6.31. The maximum atomic E-state index is 12.4. The van der Waals surface area contributed by atoms with E-state index in [1.165, 1.54) is 19.3 Å². The molecule has 0 saturated carbocycles. The van der Waals surface area contributed by atoms with Gasteiger partial charge in [0.1, 0.15) is 18.5 Å². The Morgan fingerprint density at radius 3 is 2.86 bits per heavy atom. The Morgan fingerprint density at radius 2 is 2.14 bits per heavy atom. The van der Waals surface area contributed by atoms with E-state index in [-0.39, 0.29) is 36.7 Å². The SMILES string of the molecule is CC(=O)c1cc(Cl)ccc1OCC1CN(C(=O)CNC(=O)c2ccco2)CCO1. The summed E-state index contributed by atoms with van der Waals surface area (Å²) in [5.74, 6) is -0.267. The van der Waals surface area contributed by atoms with Gasteiger partial charge in [-0.2, -0.15) is 0 Å². The van der Waals surface area contributed by atoms with E-state index in [0.717, 1.165) is 0 Å². The number of furan rings is 1. The van der Waals surface area contributed by atoms with Crippen LogP contribution in [-0.2, 0) is 9.53 Å². The molecule has 2 amide bonds. The number of carbonyl (C=O) groups excluding carboxylic acids is 3. The van der Waals surface area contributed by atoms with Crippen LogP contribution < -0.4 is 10.1 Å². The molecular weight excluding hydrogens is 400 g/mol. The molecule has 8 nitrogen and oxygen atoms in total. The lowest BCUT2D eigenvalue weighted by Gasteiger charge is -2.33. The molecule has 1 aromatic carbocycles. The summed E-state index contributed by atoms with van der Waals surface area (Å²) < 4.78 is 16.4. The highest BCUT2D eigenvalue weighted by atomic mass is 35.5. The average molecular weight is 421 g/mol. The number of amides is 2. The first kappa shape index (κ1) is 20.9. The Bertz CT molecular complexity index is 883. The smallest absolute Gasteiger partial charge is 0.287 e. The number of hydrogen-bond donors (Lipinski definition) is 1. The Labute approximate surface area is 172 Å². The fourth-order valence-electron chi connectivity index (χ4n) is 2.90. The number of nitrogens with one attached hydrogen (secondary N) is 1. The van der Waals surface area contributed by atoms with E-state index in [0.29, 0.717) is 36.0 Å². The van der Waals surface area contributed by atoms with Gasteiger partial charge in [-0.15, -0.1) is 0 Å². The second-order valence-corrected chi connectivity index (χ2v) is 6.94. The molecule has 1 atom stereocenters. The number of halogens is 1. The van der Waals surface area contributed by atoms with Crippen LogP contribution in [0.1, 0.15) is 27.8 Å². The molecule has 3 rings (SSSR count). The Morgan fingerprint density at radius 1 is 1.31 bits per heavy atom. The average Bonchev–Trinajstić information content (AvgIpc) is 3.26. The molecular formula is C20H21ClN2O6. The van der Waals surface area contributed by atoms with Gasteiger partial charge in [0.05, 0.1) is 31.5 Å². The normalized spacial score (nSPS) is 16.3. The van der Waals surface area contributed by atoms with Gasteiger partial charge in [0.25, 0.3) is 5.91 Å². The molecule has 154 valence electrons. The van der Waals surface area contributed by atoms with E-state index in [4.69, 9.17) is 25.5 Å². The van der Waals surface area contributed by atoms with Crippen LogP contribution in [0.25, 0.3) is 0 Å². The molecule has 0 aliphatic carbocycles. The van der Waals surface area contributed by atoms with E-state index >= 15 is 0 Å². The standard InChI is InChI=1S/C20H21ClN2O6/c1-13(24)16-9-14(21)4-5-17(16)29-12-15-11-23(6-8-27-15)19(25)10-22-20(26)18-3-2-7-28-18/h2-5,7,9,15H,6,8,10-12H2,1H3,(H,22,26). The summed E-state index contributed by atoms with van der Waals surface area (Å²) in [7, 11) is 0.